The van der Waals surface area contributed by atoms with E-state index in [2.05, 4.69) is 15.8 Å². The molecule has 1 aliphatic heterocycles. The van der Waals surface area contributed by atoms with Gasteiger partial charge in [-0.3, -0.25) is 9.20 Å². The summed E-state index contributed by atoms with van der Waals surface area (Å²) in [6, 6.07) is 2.59. The van der Waals surface area contributed by atoms with Crippen LogP contribution < -0.4 is 11.5 Å². The van der Waals surface area contributed by atoms with Crippen molar-refractivity contribution in [1.82, 2.24) is 4.98 Å². The fourth-order valence-corrected chi connectivity index (χ4v) is 4.11. The smallest absolute Gasteiger partial charge is 0.147 e. The number of nitrogen functional groups attached to an aromatic ring is 1. The Bertz CT molecular complexity index is 696. The van der Waals surface area contributed by atoms with Crippen molar-refractivity contribution in [3.05, 3.63) is 23.6 Å². The molecular formula is C13H19FN4OS. The van der Waals surface area contributed by atoms with Crippen LogP contribution in [0.2, 0.25) is 0 Å². The Balaban J connectivity index is 2.69. The van der Waals surface area contributed by atoms with E-state index in [4.69, 9.17) is 11.5 Å². The molecule has 1 aliphatic rings. The summed E-state index contributed by atoms with van der Waals surface area (Å²) >= 11 is 0. The van der Waals surface area contributed by atoms with Crippen molar-refractivity contribution in [1.29, 1.82) is 0 Å². The molecule has 20 heavy (non-hydrogen) atoms. The summed E-state index contributed by atoms with van der Waals surface area (Å²) in [6.45, 7) is 5.10. The lowest BCUT2D eigenvalue weighted by atomic mass is 9.98. The molecule has 0 aliphatic carbocycles. The van der Waals surface area contributed by atoms with Gasteiger partial charge in [0, 0.05) is 5.75 Å². The third-order valence-corrected chi connectivity index (χ3v) is 6.90. The molecule has 2 heterocycles. The second-order valence-corrected chi connectivity index (χ2v) is 8.74. The molecule has 0 spiro atoms. The number of anilines is 1. The molecule has 1 aromatic heterocycles. The first kappa shape index (κ1) is 14.8. The van der Waals surface area contributed by atoms with Crippen LogP contribution in [0, 0.1) is 5.82 Å². The number of pyridine rings is 1. The monoisotopic (exact) mass is 298 g/mol. The summed E-state index contributed by atoms with van der Waals surface area (Å²) < 4.78 is 26.0. The summed E-state index contributed by atoms with van der Waals surface area (Å²) in [7, 11) is -2.60. The van der Waals surface area contributed by atoms with Gasteiger partial charge in [-0.25, -0.2) is 9.37 Å². The fraction of sp³-hybridized carbons (Fsp3) is 0.462. The van der Waals surface area contributed by atoms with Gasteiger partial charge in [0.2, 0.25) is 0 Å². The Morgan fingerprint density at radius 2 is 1.95 bits per heavy atom. The van der Waals surface area contributed by atoms with Crippen molar-refractivity contribution in [2.24, 2.45) is 10.7 Å². The van der Waals surface area contributed by atoms with Crippen LogP contribution in [0.15, 0.2) is 17.1 Å². The zero-order valence-corrected chi connectivity index (χ0v) is 12.6. The fourth-order valence-electron chi connectivity index (χ4n) is 2.21. The van der Waals surface area contributed by atoms with Gasteiger partial charge >= 0.3 is 0 Å². The normalized spacial score (nSPS) is 32.7. The van der Waals surface area contributed by atoms with Gasteiger partial charge in [-0.2, -0.15) is 0 Å². The van der Waals surface area contributed by atoms with Gasteiger partial charge in [0.25, 0.3) is 0 Å². The topological polar surface area (TPSA) is 94.4 Å². The van der Waals surface area contributed by atoms with E-state index in [1.165, 1.54) is 12.1 Å². The van der Waals surface area contributed by atoms with Crippen molar-refractivity contribution in [3.63, 3.8) is 0 Å². The van der Waals surface area contributed by atoms with E-state index in [9.17, 15) is 8.60 Å². The minimum absolute atomic E-state index is 0.0484. The van der Waals surface area contributed by atoms with Crippen LogP contribution in [0.4, 0.5) is 10.2 Å². The Labute approximate surface area is 118 Å². The van der Waals surface area contributed by atoms with E-state index < -0.39 is 25.6 Å². The molecule has 0 saturated carbocycles. The van der Waals surface area contributed by atoms with Crippen LogP contribution in [-0.2, 0) is 15.1 Å². The van der Waals surface area contributed by atoms with Crippen LogP contribution in [0.5, 0.6) is 0 Å². The van der Waals surface area contributed by atoms with Crippen molar-refractivity contribution in [2.45, 2.75) is 31.1 Å². The van der Waals surface area contributed by atoms with Crippen LogP contribution >= 0.6 is 0 Å². The van der Waals surface area contributed by atoms with E-state index in [1.807, 2.05) is 0 Å². The zero-order valence-electron chi connectivity index (χ0n) is 11.8. The Kier molecular flexibility index (Phi) is 3.09. The molecule has 5 nitrogen and oxygen atoms in total. The number of hydrogen-bond donors (Lipinski definition) is 2. The van der Waals surface area contributed by atoms with Crippen molar-refractivity contribution < 1.29 is 8.60 Å². The number of aromatic nitrogens is 1. The average molecular weight is 298 g/mol. The number of hydrogen-bond acceptors (Lipinski definition) is 5. The van der Waals surface area contributed by atoms with E-state index >= 15 is 0 Å². The van der Waals surface area contributed by atoms with E-state index in [1.54, 1.807) is 20.8 Å². The number of nitrogens with two attached hydrogens (primary N) is 2. The van der Waals surface area contributed by atoms with Crippen LogP contribution in [0.1, 0.15) is 26.5 Å². The second kappa shape index (κ2) is 4.18. The first-order valence-corrected chi connectivity index (χ1v) is 8.02. The molecule has 0 bridgehead atoms. The highest BCUT2D eigenvalue weighted by atomic mass is 32.2. The summed E-state index contributed by atoms with van der Waals surface area (Å²) in [6.07, 6.45) is 0. The number of halogens is 1. The highest BCUT2D eigenvalue weighted by Gasteiger charge is 2.46. The lowest BCUT2D eigenvalue weighted by molar-refractivity contribution is 0.476. The Morgan fingerprint density at radius 1 is 1.35 bits per heavy atom. The predicted octanol–water partition coefficient (Wildman–Crippen LogP) is 0.884. The number of rotatable bonds is 1. The SMILES string of the molecule is C=S1(=O)C[C@@](C)(c2nc(N)ccc2F)N=C(N)C1(C)C. The molecule has 7 heteroatoms. The van der Waals surface area contributed by atoms with E-state index in [0.717, 1.165) is 0 Å². The molecular weight excluding hydrogens is 279 g/mol. The maximum absolute atomic E-state index is 14.0. The van der Waals surface area contributed by atoms with Crippen molar-refractivity contribution >= 4 is 27.0 Å². The maximum atomic E-state index is 14.0. The van der Waals surface area contributed by atoms with Gasteiger partial charge in [0.05, 0.1) is 4.75 Å². The molecule has 2 rings (SSSR count). The third kappa shape index (κ3) is 2.06. The van der Waals surface area contributed by atoms with Gasteiger partial charge in [-0.1, -0.05) is 0 Å². The molecule has 110 valence electrons. The second-order valence-electron chi connectivity index (χ2n) is 5.80. The van der Waals surface area contributed by atoms with Gasteiger partial charge in [0.1, 0.15) is 28.7 Å². The summed E-state index contributed by atoms with van der Waals surface area (Å²) in [5.74, 6) is 3.68. The Morgan fingerprint density at radius 3 is 2.50 bits per heavy atom. The molecule has 0 amide bonds. The van der Waals surface area contributed by atoms with Gasteiger partial charge in [0.15, 0.2) is 0 Å². The number of aliphatic imine (C=N–C) groups is 1. The zero-order chi connectivity index (χ0) is 15.3. The average Bonchev–Trinajstić information content (AvgIpc) is 2.29. The number of nitrogens with zero attached hydrogens (tertiary/aromatic N) is 2. The maximum Gasteiger partial charge on any atom is 0.147 e. The molecule has 0 fully saturated rings. The lowest BCUT2D eigenvalue weighted by Gasteiger charge is -2.40. The minimum Gasteiger partial charge on any atom is -0.386 e. The summed E-state index contributed by atoms with van der Waals surface area (Å²) in [5, 5.41) is 0. The highest BCUT2D eigenvalue weighted by Crippen LogP contribution is 2.36. The third-order valence-electron chi connectivity index (χ3n) is 3.81. The highest BCUT2D eigenvalue weighted by molar-refractivity contribution is 8.02. The molecule has 4 N–H and O–H groups in total. The Hall–Kier alpha value is -1.63. The minimum atomic E-state index is -2.60. The van der Waals surface area contributed by atoms with Gasteiger partial charge < -0.3 is 11.5 Å². The van der Waals surface area contributed by atoms with E-state index in [0.29, 0.717) is 0 Å². The summed E-state index contributed by atoms with van der Waals surface area (Å²) in [5.41, 5.74) is 10.5. The molecule has 2 atom stereocenters. The molecule has 1 aromatic rings. The lowest BCUT2D eigenvalue weighted by Crippen LogP contribution is -2.55. The van der Waals surface area contributed by atoms with Gasteiger partial charge in [-0.15, -0.1) is 0 Å². The standard InChI is InChI=1S/C13H19FN4OS/c1-12(2)11(16)18-13(3,7-20(12,4)19)10-8(14)5-6-9(15)17-10/h5-6H,4,7H2,1-3H3,(H2,15,17)(H2,16,18)/t13-,20?/m0/s1. The summed E-state index contributed by atoms with van der Waals surface area (Å²) in [4.78, 5) is 8.35. The van der Waals surface area contributed by atoms with E-state index in [-0.39, 0.29) is 23.1 Å². The largest absolute Gasteiger partial charge is 0.386 e. The molecule has 0 saturated heterocycles. The first-order valence-electron chi connectivity index (χ1n) is 6.12. The van der Waals surface area contributed by atoms with Crippen LogP contribution in [0.25, 0.3) is 0 Å². The predicted molar refractivity (Wildman–Crippen MR) is 81.8 cm³/mol. The molecule has 0 aromatic carbocycles. The molecule has 0 radical (unpaired) electrons. The number of amidine groups is 1. The van der Waals surface area contributed by atoms with Gasteiger partial charge in [-0.05, 0) is 48.3 Å². The van der Waals surface area contributed by atoms with Crippen LogP contribution in [0.3, 0.4) is 0 Å². The van der Waals surface area contributed by atoms with Crippen molar-refractivity contribution in [2.75, 3.05) is 11.5 Å². The van der Waals surface area contributed by atoms with Crippen LogP contribution in [-0.4, -0.2) is 31.4 Å². The quantitative estimate of drug-likeness (QED) is 0.753. The van der Waals surface area contributed by atoms with Crippen molar-refractivity contribution in [3.8, 4) is 0 Å². The first-order chi connectivity index (χ1) is 8.99. The molecule has 1 unspecified atom stereocenters.